The predicted molar refractivity (Wildman–Crippen MR) is 103 cm³/mol. The highest BCUT2D eigenvalue weighted by Gasteiger charge is 2.39. The predicted octanol–water partition coefficient (Wildman–Crippen LogP) is 1.45. The number of aliphatic hydroxyl groups excluding tert-OH is 1. The Morgan fingerprint density at radius 2 is 2.07 bits per heavy atom. The van der Waals surface area contributed by atoms with Crippen LogP contribution in [0.2, 0.25) is 0 Å². The number of carbonyl (C=O) groups excluding carboxylic acids is 1. The number of nitrogens with one attached hydrogen (secondary N) is 1. The third kappa shape index (κ3) is 4.56. The van der Waals surface area contributed by atoms with Gasteiger partial charge < -0.3 is 25.2 Å². The number of urea groups is 1. The first kappa shape index (κ1) is 20.4. The normalized spacial score (nSPS) is 26.8. The van der Waals surface area contributed by atoms with Gasteiger partial charge in [0.25, 0.3) is 0 Å². The molecule has 0 spiro atoms. The number of ether oxygens (including phenoxy) is 1. The largest absolute Gasteiger partial charge is 0.497 e. The Bertz CT molecular complexity index is 707. The molecule has 3 N–H and O–H groups in total. The summed E-state index contributed by atoms with van der Waals surface area (Å²) in [6, 6.07) is 7.41. The Hall–Kier alpha value is -2.32. The third-order valence-corrected chi connectivity index (χ3v) is 5.72. The molecule has 28 heavy (non-hydrogen) atoms. The maximum Gasteiger partial charge on any atom is 0.318 e. The summed E-state index contributed by atoms with van der Waals surface area (Å²) in [5, 5.41) is 22.2. The Kier molecular flexibility index (Phi) is 6.41. The van der Waals surface area contributed by atoms with Crippen molar-refractivity contribution in [3.63, 3.8) is 0 Å². The summed E-state index contributed by atoms with van der Waals surface area (Å²) in [5.74, 6) is -0.110. The van der Waals surface area contributed by atoms with Gasteiger partial charge in [0, 0.05) is 18.6 Å². The van der Waals surface area contributed by atoms with Crippen LogP contribution in [0.1, 0.15) is 37.8 Å². The summed E-state index contributed by atoms with van der Waals surface area (Å²) >= 11 is 0. The lowest BCUT2D eigenvalue weighted by Crippen LogP contribution is -2.56. The minimum atomic E-state index is -0.832. The maximum atomic E-state index is 12.8. The molecule has 2 atom stereocenters. The number of likely N-dealkylation sites (N-methyl/N-ethyl adjacent to an activating group) is 1. The number of carbonyl (C=O) groups is 2. The molecule has 2 unspecified atom stereocenters. The van der Waals surface area contributed by atoms with Gasteiger partial charge in [0.1, 0.15) is 5.75 Å². The Morgan fingerprint density at radius 3 is 2.71 bits per heavy atom. The van der Waals surface area contributed by atoms with Crippen molar-refractivity contribution in [2.75, 3.05) is 26.7 Å². The fraction of sp³-hybridized carbons (Fsp3) is 0.600. The lowest BCUT2D eigenvalue weighted by molar-refractivity contribution is -0.139. The van der Waals surface area contributed by atoms with E-state index in [0.717, 1.165) is 24.2 Å². The highest BCUT2D eigenvalue weighted by atomic mass is 16.5. The van der Waals surface area contributed by atoms with E-state index in [9.17, 15) is 14.7 Å². The highest BCUT2D eigenvalue weighted by Crippen LogP contribution is 2.34. The molecule has 1 saturated heterocycles. The molecule has 2 aliphatic rings. The van der Waals surface area contributed by atoms with Crippen LogP contribution in [0.15, 0.2) is 24.3 Å². The average molecular weight is 391 g/mol. The molecule has 1 aliphatic carbocycles. The number of β-amino-alcohol motifs (C(OH)–C–C–N with tert-alkyl or cyclic N) is 1. The van der Waals surface area contributed by atoms with Crippen LogP contribution in [0.3, 0.4) is 0 Å². The number of hydrogen-bond acceptors (Lipinski definition) is 5. The Balaban J connectivity index is 1.58. The molecule has 2 amide bonds. The van der Waals surface area contributed by atoms with Crippen LogP contribution < -0.4 is 10.1 Å². The molecule has 3 rings (SSSR count). The maximum absolute atomic E-state index is 12.8. The van der Waals surface area contributed by atoms with Gasteiger partial charge in [-0.15, -0.1) is 0 Å². The SMILES string of the molecule is CCN(CC(=O)O)C1CC(NC(=O)N2CC(O)CC2c2cccc(OC)c2)C1. The molecule has 154 valence electrons. The number of methoxy groups -OCH3 is 1. The van der Waals surface area contributed by atoms with E-state index in [1.54, 1.807) is 12.0 Å². The van der Waals surface area contributed by atoms with Gasteiger partial charge in [-0.2, -0.15) is 0 Å². The van der Waals surface area contributed by atoms with E-state index in [1.807, 2.05) is 36.1 Å². The second-order valence-corrected chi connectivity index (χ2v) is 7.56. The van der Waals surface area contributed by atoms with Crippen LogP contribution in [-0.4, -0.2) is 76.9 Å². The fourth-order valence-electron chi connectivity index (χ4n) is 4.14. The number of aliphatic hydroxyl groups is 1. The zero-order valence-electron chi connectivity index (χ0n) is 16.4. The van der Waals surface area contributed by atoms with Gasteiger partial charge in [0.05, 0.1) is 25.8 Å². The first-order chi connectivity index (χ1) is 13.4. The summed E-state index contributed by atoms with van der Waals surface area (Å²) < 4.78 is 5.27. The number of benzene rings is 1. The van der Waals surface area contributed by atoms with Crippen molar-refractivity contribution in [2.45, 2.75) is 50.4 Å². The van der Waals surface area contributed by atoms with E-state index in [2.05, 4.69) is 5.32 Å². The van der Waals surface area contributed by atoms with E-state index >= 15 is 0 Å². The number of aliphatic carboxylic acids is 1. The number of carboxylic acid groups (broad SMARTS) is 1. The van der Waals surface area contributed by atoms with Gasteiger partial charge in [0.15, 0.2) is 0 Å². The zero-order chi connectivity index (χ0) is 20.3. The van der Waals surface area contributed by atoms with E-state index in [1.165, 1.54) is 0 Å². The molecule has 1 aromatic carbocycles. The summed E-state index contributed by atoms with van der Waals surface area (Å²) in [7, 11) is 1.60. The minimum Gasteiger partial charge on any atom is -0.497 e. The van der Waals surface area contributed by atoms with Crippen molar-refractivity contribution < 1.29 is 24.5 Å². The van der Waals surface area contributed by atoms with Crippen molar-refractivity contribution in [2.24, 2.45) is 0 Å². The van der Waals surface area contributed by atoms with Gasteiger partial charge in [-0.1, -0.05) is 19.1 Å². The molecule has 8 heteroatoms. The summed E-state index contributed by atoms with van der Waals surface area (Å²) in [5.41, 5.74) is 0.941. The zero-order valence-corrected chi connectivity index (χ0v) is 16.4. The van der Waals surface area contributed by atoms with Gasteiger partial charge in [-0.05, 0) is 43.5 Å². The first-order valence-electron chi connectivity index (χ1n) is 9.76. The number of hydrogen-bond donors (Lipinski definition) is 3. The Morgan fingerprint density at radius 1 is 1.32 bits per heavy atom. The molecular formula is C20H29N3O5. The van der Waals surface area contributed by atoms with Crippen LogP contribution in [0, 0.1) is 0 Å². The number of amides is 2. The fourth-order valence-corrected chi connectivity index (χ4v) is 4.14. The van der Waals surface area contributed by atoms with Crippen LogP contribution in [0.5, 0.6) is 5.75 Å². The van der Waals surface area contributed by atoms with Crippen LogP contribution >= 0.6 is 0 Å². The molecule has 2 fully saturated rings. The molecule has 1 heterocycles. The van der Waals surface area contributed by atoms with Crippen molar-refractivity contribution >= 4 is 12.0 Å². The molecule has 0 aromatic heterocycles. The first-order valence-corrected chi connectivity index (χ1v) is 9.76. The molecular weight excluding hydrogens is 362 g/mol. The molecule has 1 aliphatic heterocycles. The number of likely N-dealkylation sites (tertiary alicyclic amines) is 1. The van der Waals surface area contributed by atoms with E-state index < -0.39 is 12.1 Å². The lowest BCUT2D eigenvalue weighted by Gasteiger charge is -2.43. The second kappa shape index (κ2) is 8.79. The second-order valence-electron chi connectivity index (χ2n) is 7.56. The quantitative estimate of drug-likeness (QED) is 0.650. The number of carboxylic acids is 1. The molecule has 8 nitrogen and oxygen atoms in total. The Labute approximate surface area is 165 Å². The van der Waals surface area contributed by atoms with E-state index in [0.29, 0.717) is 19.5 Å². The molecule has 0 bridgehead atoms. The van der Waals surface area contributed by atoms with E-state index in [-0.39, 0.29) is 30.7 Å². The lowest BCUT2D eigenvalue weighted by atomic mass is 9.85. The van der Waals surface area contributed by atoms with Crippen LogP contribution in [0.25, 0.3) is 0 Å². The van der Waals surface area contributed by atoms with Crippen LogP contribution in [0.4, 0.5) is 4.79 Å². The number of rotatable bonds is 7. The van der Waals surface area contributed by atoms with E-state index in [4.69, 9.17) is 9.84 Å². The summed E-state index contributed by atoms with van der Waals surface area (Å²) in [4.78, 5) is 27.4. The van der Waals surface area contributed by atoms with Gasteiger partial charge in [-0.3, -0.25) is 9.69 Å². The third-order valence-electron chi connectivity index (χ3n) is 5.72. The highest BCUT2D eigenvalue weighted by molar-refractivity contribution is 5.76. The van der Waals surface area contributed by atoms with Crippen molar-refractivity contribution in [3.8, 4) is 5.75 Å². The van der Waals surface area contributed by atoms with Crippen molar-refractivity contribution in [1.82, 2.24) is 15.1 Å². The standard InChI is InChI=1S/C20H29N3O5/c1-3-22(12-19(25)26)15-8-14(9-15)21-20(27)23-11-16(24)10-18(23)13-5-4-6-17(7-13)28-2/h4-7,14-16,18,24H,3,8-12H2,1-2H3,(H,21,27)(H,25,26). The van der Waals surface area contributed by atoms with Gasteiger partial charge >= 0.3 is 12.0 Å². The number of nitrogens with zero attached hydrogens (tertiary/aromatic N) is 2. The minimum absolute atomic E-state index is 0.0259. The molecule has 1 aromatic rings. The van der Waals surface area contributed by atoms with Gasteiger partial charge in [-0.25, -0.2) is 4.79 Å². The van der Waals surface area contributed by atoms with Crippen molar-refractivity contribution in [3.05, 3.63) is 29.8 Å². The van der Waals surface area contributed by atoms with Crippen LogP contribution in [-0.2, 0) is 4.79 Å². The monoisotopic (exact) mass is 391 g/mol. The molecule has 1 saturated carbocycles. The smallest absolute Gasteiger partial charge is 0.318 e. The molecule has 0 radical (unpaired) electrons. The summed E-state index contributed by atoms with van der Waals surface area (Å²) in [6.45, 7) is 2.94. The summed E-state index contributed by atoms with van der Waals surface area (Å²) in [6.07, 6.45) is 1.43. The van der Waals surface area contributed by atoms with Crippen molar-refractivity contribution in [1.29, 1.82) is 0 Å². The average Bonchev–Trinajstić information content (AvgIpc) is 3.04. The van der Waals surface area contributed by atoms with Gasteiger partial charge in [0.2, 0.25) is 0 Å². The topological polar surface area (TPSA) is 102 Å².